The molecule has 3 aromatic rings. The molecule has 0 bridgehead atoms. The summed E-state index contributed by atoms with van der Waals surface area (Å²) in [6.07, 6.45) is 2.32. The van der Waals surface area contributed by atoms with Crippen LogP contribution in [0.5, 0.6) is 17.2 Å². The van der Waals surface area contributed by atoms with Crippen molar-refractivity contribution in [2.24, 2.45) is 0 Å². The summed E-state index contributed by atoms with van der Waals surface area (Å²) < 4.78 is 26.6. The molecule has 0 aliphatic heterocycles. The Labute approximate surface area is 166 Å². The van der Waals surface area contributed by atoms with Crippen molar-refractivity contribution in [3.8, 4) is 28.0 Å². The lowest BCUT2D eigenvalue weighted by Gasteiger charge is -2.14. The van der Waals surface area contributed by atoms with Gasteiger partial charge in [-0.25, -0.2) is 4.98 Å². The summed E-state index contributed by atoms with van der Waals surface area (Å²) in [5.41, 5.74) is 1.58. The highest BCUT2D eigenvalue weighted by Crippen LogP contribution is 2.38. The second-order valence-corrected chi connectivity index (χ2v) is 6.67. The number of hydrogen-bond donors (Lipinski definition) is 0. The normalized spacial score (nSPS) is 10.5. The largest absolute Gasteiger partial charge is 0.493 e. The Morgan fingerprint density at radius 1 is 1.14 bits per heavy atom. The molecule has 28 heavy (non-hydrogen) atoms. The number of furan rings is 1. The number of thiazole rings is 1. The van der Waals surface area contributed by atoms with Gasteiger partial charge < -0.3 is 23.4 Å². The fourth-order valence-corrected chi connectivity index (χ4v) is 3.41. The van der Waals surface area contributed by atoms with Gasteiger partial charge in [0.15, 0.2) is 22.3 Å². The van der Waals surface area contributed by atoms with Gasteiger partial charge in [-0.1, -0.05) is 0 Å². The Morgan fingerprint density at radius 2 is 1.89 bits per heavy atom. The summed E-state index contributed by atoms with van der Waals surface area (Å²) in [6.45, 7) is 0.130. The molecule has 8 heteroatoms. The lowest BCUT2D eigenvalue weighted by atomic mass is 10.1. The van der Waals surface area contributed by atoms with Crippen LogP contribution in [0.4, 0.5) is 0 Å². The van der Waals surface area contributed by atoms with Gasteiger partial charge in [0.25, 0.3) is 0 Å². The third kappa shape index (κ3) is 4.64. The summed E-state index contributed by atoms with van der Waals surface area (Å²) in [5.74, 6) is 2.02. The minimum Gasteiger partial charge on any atom is -0.493 e. The van der Waals surface area contributed by atoms with E-state index in [9.17, 15) is 4.79 Å². The molecule has 2 aromatic heterocycles. The van der Waals surface area contributed by atoms with E-state index in [1.54, 1.807) is 33.7 Å². The van der Waals surface area contributed by atoms with Gasteiger partial charge in [-0.2, -0.15) is 0 Å². The van der Waals surface area contributed by atoms with Crippen molar-refractivity contribution in [2.75, 3.05) is 21.3 Å². The number of esters is 1. The van der Waals surface area contributed by atoms with Crippen LogP contribution < -0.4 is 14.2 Å². The van der Waals surface area contributed by atoms with Crippen LogP contribution in [0.1, 0.15) is 17.7 Å². The minimum absolute atomic E-state index is 0.130. The molecular weight excluding hydrogens is 382 g/mol. The van der Waals surface area contributed by atoms with Gasteiger partial charge in [0.05, 0.1) is 33.3 Å². The molecule has 0 aliphatic rings. The van der Waals surface area contributed by atoms with Crippen LogP contribution in [-0.2, 0) is 22.6 Å². The highest BCUT2D eigenvalue weighted by molar-refractivity contribution is 7.13. The van der Waals surface area contributed by atoms with E-state index < -0.39 is 0 Å². The molecule has 0 fully saturated rings. The van der Waals surface area contributed by atoms with E-state index in [2.05, 4.69) is 4.98 Å². The Morgan fingerprint density at radius 3 is 2.50 bits per heavy atom. The third-order valence-electron chi connectivity index (χ3n) is 4.01. The molecule has 0 aliphatic carbocycles. The number of carbonyl (C=O) groups is 1. The Hall–Kier alpha value is -3.00. The molecular formula is C20H21NO6S. The molecule has 0 saturated heterocycles. The Bertz CT molecular complexity index is 894. The Balaban J connectivity index is 1.54. The van der Waals surface area contributed by atoms with Crippen LogP contribution in [0.15, 0.2) is 40.3 Å². The molecule has 0 N–H and O–H groups in total. The maximum atomic E-state index is 12.1. The van der Waals surface area contributed by atoms with Crippen molar-refractivity contribution >= 4 is 17.3 Å². The second-order valence-electron chi connectivity index (χ2n) is 5.82. The molecule has 0 amide bonds. The number of hydrogen-bond acceptors (Lipinski definition) is 8. The van der Waals surface area contributed by atoms with Crippen LogP contribution in [0.25, 0.3) is 10.8 Å². The zero-order valence-corrected chi connectivity index (χ0v) is 16.7. The van der Waals surface area contributed by atoms with E-state index in [-0.39, 0.29) is 19.0 Å². The first-order chi connectivity index (χ1) is 13.6. The van der Waals surface area contributed by atoms with Crippen molar-refractivity contribution in [1.82, 2.24) is 4.98 Å². The standard InChI is InChI=1S/C20H21NO6S/c1-23-16-9-13(10-17(24-2)19(16)25-3)6-7-18(22)27-11-14-12-28-20(21-14)15-5-4-8-26-15/h4-5,8-10,12H,6-7,11H2,1-3H3. The van der Waals surface area contributed by atoms with E-state index in [4.69, 9.17) is 23.4 Å². The van der Waals surface area contributed by atoms with Crippen molar-refractivity contribution in [3.05, 3.63) is 47.2 Å². The van der Waals surface area contributed by atoms with Crippen molar-refractivity contribution in [3.63, 3.8) is 0 Å². The summed E-state index contributed by atoms with van der Waals surface area (Å²) in [6, 6.07) is 7.29. The Kier molecular flexibility index (Phi) is 6.54. The van der Waals surface area contributed by atoms with Crippen molar-refractivity contribution in [2.45, 2.75) is 19.4 Å². The fraction of sp³-hybridized carbons (Fsp3) is 0.300. The average Bonchev–Trinajstić information content (AvgIpc) is 3.41. The predicted molar refractivity (Wildman–Crippen MR) is 104 cm³/mol. The van der Waals surface area contributed by atoms with Gasteiger partial charge >= 0.3 is 5.97 Å². The predicted octanol–water partition coefficient (Wildman–Crippen LogP) is 4.10. The smallest absolute Gasteiger partial charge is 0.306 e. The number of carbonyl (C=O) groups excluding carboxylic acids is 1. The van der Waals surface area contributed by atoms with Gasteiger partial charge in [-0.05, 0) is 36.2 Å². The van der Waals surface area contributed by atoms with Gasteiger partial charge in [-0.15, -0.1) is 11.3 Å². The first kappa shape index (κ1) is 19.8. The van der Waals surface area contributed by atoms with Gasteiger partial charge in [0.2, 0.25) is 5.75 Å². The minimum atomic E-state index is -0.304. The van der Waals surface area contributed by atoms with Crippen LogP contribution >= 0.6 is 11.3 Å². The molecule has 0 radical (unpaired) electrons. The number of nitrogens with zero attached hydrogens (tertiary/aromatic N) is 1. The van der Waals surface area contributed by atoms with Crippen molar-refractivity contribution < 1.29 is 28.2 Å². The first-order valence-electron chi connectivity index (χ1n) is 8.57. The number of aryl methyl sites for hydroxylation is 1. The summed E-state index contributed by atoms with van der Waals surface area (Å²) in [7, 11) is 4.66. The van der Waals surface area contributed by atoms with Crippen molar-refractivity contribution in [1.29, 1.82) is 0 Å². The lowest BCUT2D eigenvalue weighted by Crippen LogP contribution is -2.06. The molecule has 7 nitrogen and oxygen atoms in total. The number of benzene rings is 1. The molecule has 3 rings (SSSR count). The van der Waals surface area contributed by atoms with Crippen LogP contribution in [0, 0.1) is 0 Å². The maximum absolute atomic E-state index is 12.1. The zero-order valence-electron chi connectivity index (χ0n) is 15.9. The molecule has 0 saturated carbocycles. The van der Waals surface area contributed by atoms with Gasteiger partial charge in [0, 0.05) is 11.8 Å². The van der Waals surface area contributed by atoms with E-state index in [1.165, 1.54) is 11.3 Å². The number of aromatic nitrogens is 1. The number of methoxy groups -OCH3 is 3. The molecule has 148 valence electrons. The zero-order chi connectivity index (χ0) is 19.9. The van der Waals surface area contributed by atoms with Crippen LogP contribution in [-0.4, -0.2) is 32.3 Å². The summed E-state index contributed by atoms with van der Waals surface area (Å²) in [4.78, 5) is 16.5. The van der Waals surface area contributed by atoms with Crippen LogP contribution in [0.2, 0.25) is 0 Å². The summed E-state index contributed by atoms with van der Waals surface area (Å²) >= 11 is 1.44. The topological polar surface area (TPSA) is 80.0 Å². The van der Waals surface area contributed by atoms with E-state index >= 15 is 0 Å². The monoisotopic (exact) mass is 403 g/mol. The maximum Gasteiger partial charge on any atom is 0.306 e. The van der Waals surface area contributed by atoms with E-state index in [0.717, 1.165) is 10.6 Å². The molecule has 0 atom stereocenters. The molecule has 2 heterocycles. The highest BCUT2D eigenvalue weighted by Gasteiger charge is 2.14. The SMILES string of the molecule is COc1cc(CCC(=O)OCc2csc(-c3ccco3)n2)cc(OC)c1OC. The van der Waals surface area contributed by atoms with Crippen LogP contribution in [0.3, 0.4) is 0 Å². The van der Waals surface area contributed by atoms with Gasteiger partial charge in [-0.3, -0.25) is 4.79 Å². The molecule has 0 unspecified atom stereocenters. The average molecular weight is 403 g/mol. The lowest BCUT2D eigenvalue weighted by molar-refractivity contribution is -0.145. The number of ether oxygens (including phenoxy) is 4. The molecule has 0 spiro atoms. The molecule has 1 aromatic carbocycles. The first-order valence-corrected chi connectivity index (χ1v) is 9.45. The highest BCUT2D eigenvalue weighted by atomic mass is 32.1. The van der Waals surface area contributed by atoms with Gasteiger partial charge in [0.1, 0.15) is 6.61 Å². The van der Waals surface area contributed by atoms with E-state index in [1.807, 2.05) is 23.6 Å². The summed E-state index contributed by atoms with van der Waals surface area (Å²) in [5, 5.41) is 2.61. The number of rotatable bonds is 9. The quantitative estimate of drug-likeness (QED) is 0.498. The fourth-order valence-electron chi connectivity index (χ4n) is 2.64. The van der Waals surface area contributed by atoms with E-state index in [0.29, 0.717) is 35.1 Å². The third-order valence-corrected chi connectivity index (χ3v) is 4.91. The second kappa shape index (κ2) is 9.27.